The Morgan fingerprint density at radius 2 is 1.89 bits per heavy atom. The first-order valence-corrected chi connectivity index (χ1v) is 7.75. The fourth-order valence-electron chi connectivity index (χ4n) is 1.76. The molecule has 0 heterocycles. The molecule has 0 saturated carbocycles. The SMILES string of the molecule is CN(CC(C)(C)C)S(=O)(=O)c1cc(CO)ccc1Cl. The van der Waals surface area contributed by atoms with Crippen LogP contribution in [-0.2, 0) is 16.6 Å². The molecule has 0 bridgehead atoms. The first kappa shape index (κ1) is 16.4. The maximum Gasteiger partial charge on any atom is 0.244 e. The van der Waals surface area contributed by atoms with Crippen molar-refractivity contribution >= 4 is 21.6 Å². The molecule has 108 valence electrons. The lowest BCUT2D eigenvalue weighted by Crippen LogP contribution is -2.34. The van der Waals surface area contributed by atoms with Gasteiger partial charge in [-0.05, 0) is 23.1 Å². The fraction of sp³-hybridized carbons (Fsp3) is 0.538. The van der Waals surface area contributed by atoms with Crippen molar-refractivity contribution in [3.8, 4) is 0 Å². The molecule has 0 atom stereocenters. The van der Waals surface area contributed by atoms with Gasteiger partial charge in [0.25, 0.3) is 0 Å². The third kappa shape index (κ3) is 4.18. The van der Waals surface area contributed by atoms with Gasteiger partial charge in [-0.1, -0.05) is 38.4 Å². The molecule has 0 spiro atoms. The van der Waals surface area contributed by atoms with Gasteiger partial charge in [-0.25, -0.2) is 12.7 Å². The molecule has 0 radical (unpaired) electrons. The van der Waals surface area contributed by atoms with Gasteiger partial charge in [-0.2, -0.15) is 0 Å². The Labute approximate surface area is 120 Å². The van der Waals surface area contributed by atoms with E-state index >= 15 is 0 Å². The van der Waals surface area contributed by atoms with Gasteiger partial charge in [0.2, 0.25) is 10.0 Å². The van der Waals surface area contributed by atoms with Gasteiger partial charge in [0.1, 0.15) is 4.90 Å². The number of benzene rings is 1. The molecule has 0 aliphatic heterocycles. The fourth-order valence-corrected chi connectivity index (χ4v) is 3.68. The van der Waals surface area contributed by atoms with Crippen molar-refractivity contribution in [1.29, 1.82) is 0 Å². The van der Waals surface area contributed by atoms with Crippen LogP contribution in [0.5, 0.6) is 0 Å². The van der Waals surface area contributed by atoms with E-state index in [0.29, 0.717) is 12.1 Å². The summed E-state index contributed by atoms with van der Waals surface area (Å²) in [6.45, 7) is 6.05. The number of hydrogen-bond donors (Lipinski definition) is 1. The van der Waals surface area contributed by atoms with Crippen molar-refractivity contribution in [3.63, 3.8) is 0 Å². The van der Waals surface area contributed by atoms with Crippen LogP contribution in [0.25, 0.3) is 0 Å². The number of hydrogen-bond acceptors (Lipinski definition) is 3. The first-order valence-electron chi connectivity index (χ1n) is 5.93. The summed E-state index contributed by atoms with van der Waals surface area (Å²) < 4.78 is 26.2. The predicted octanol–water partition coefficient (Wildman–Crippen LogP) is 2.50. The Morgan fingerprint density at radius 3 is 2.37 bits per heavy atom. The van der Waals surface area contributed by atoms with Crippen LogP contribution >= 0.6 is 11.6 Å². The summed E-state index contributed by atoms with van der Waals surface area (Å²) in [6.07, 6.45) is 0. The number of nitrogens with zero attached hydrogens (tertiary/aromatic N) is 1. The van der Waals surface area contributed by atoms with E-state index in [4.69, 9.17) is 16.7 Å². The zero-order valence-corrected chi connectivity index (χ0v) is 13.2. The lowest BCUT2D eigenvalue weighted by molar-refractivity contribution is 0.281. The largest absolute Gasteiger partial charge is 0.392 e. The summed E-state index contributed by atoms with van der Waals surface area (Å²) in [4.78, 5) is 0.0347. The highest BCUT2D eigenvalue weighted by atomic mass is 35.5. The second kappa shape index (κ2) is 5.79. The lowest BCUT2D eigenvalue weighted by atomic mass is 9.97. The molecule has 1 rings (SSSR count). The summed E-state index contributed by atoms with van der Waals surface area (Å²) in [5.74, 6) is 0. The second-order valence-corrected chi connectivity index (χ2v) is 8.17. The molecule has 0 aliphatic rings. The third-order valence-corrected chi connectivity index (χ3v) is 4.85. The summed E-state index contributed by atoms with van der Waals surface area (Å²) in [7, 11) is -2.11. The van der Waals surface area contributed by atoms with E-state index in [1.54, 1.807) is 6.07 Å². The van der Waals surface area contributed by atoms with Crippen LogP contribution in [0, 0.1) is 5.41 Å². The Morgan fingerprint density at radius 1 is 1.32 bits per heavy atom. The van der Waals surface area contributed by atoms with Crippen LogP contribution in [0.2, 0.25) is 5.02 Å². The zero-order chi connectivity index (χ0) is 14.8. The smallest absolute Gasteiger partial charge is 0.244 e. The minimum absolute atomic E-state index is 0.0347. The maximum atomic E-state index is 12.5. The van der Waals surface area contributed by atoms with Crippen LogP contribution < -0.4 is 0 Å². The van der Waals surface area contributed by atoms with E-state index in [1.165, 1.54) is 23.5 Å². The van der Waals surface area contributed by atoms with E-state index in [9.17, 15) is 8.42 Å². The number of aliphatic hydroxyl groups excluding tert-OH is 1. The van der Waals surface area contributed by atoms with Crippen LogP contribution in [0.15, 0.2) is 23.1 Å². The van der Waals surface area contributed by atoms with Crippen LogP contribution in [-0.4, -0.2) is 31.4 Å². The number of aliphatic hydroxyl groups is 1. The average Bonchev–Trinajstić information content (AvgIpc) is 2.27. The minimum Gasteiger partial charge on any atom is -0.392 e. The summed E-state index contributed by atoms with van der Waals surface area (Å²) in [5, 5.41) is 9.26. The second-order valence-electron chi connectivity index (χ2n) is 5.74. The highest BCUT2D eigenvalue weighted by Crippen LogP contribution is 2.27. The van der Waals surface area contributed by atoms with Crippen molar-refractivity contribution in [2.45, 2.75) is 32.3 Å². The molecule has 0 aliphatic carbocycles. The summed E-state index contributed by atoms with van der Waals surface area (Å²) in [5.41, 5.74) is 0.371. The quantitative estimate of drug-likeness (QED) is 0.930. The van der Waals surface area contributed by atoms with Gasteiger partial charge >= 0.3 is 0 Å². The molecule has 0 aromatic heterocycles. The van der Waals surface area contributed by atoms with E-state index in [1.807, 2.05) is 20.8 Å². The van der Waals surface area contributed by atoms with Crippen molar-refractivity contribution in [3.05, 3.63) is 28.8 Å². The standard InChI is InChI=1S/C13H20ClNO3S/c1-13(2,3)9-15(4)19(17,18)12-7-10(8-16)5-6-11(12)14/h5-7,16H,8-9H2,1-4H3. The summed E-state index contributed by atoms with van der Waals surface area (Å²) in [6, 6.07) is 4.51. The number of halogens is 1. The van der Waals surface area contributed by atoms with Crippen molar-refractivity contribution in [1.82, 2.24) is 4.31 Å². The normalized spacial score (nSPS) is 13.0. The Balaban J connectivity index is 3.20. The average molecular weight is 306 g/mol. The van der Waals surface area contributed by atoms with E-state index in [2.05, 4.69) is 0 Å². The highest BCUT2D eigenvalue weighted by Gasteiger charge is 2.27. The van der Waals surface area contributed by atoms with Gasteiger partial charge in [0, 0.05) is 13.6 Å². The Kier molecular flexibility index (Phi) is 5.01. The zero-order valence-electron chi connectivity index (χ0n) is 11.6. The maximum absolute atomic E-state index is 12.5. The van der Waals surface area contributed by atoms with E-state index in [0.717, 1.165) is 0 Å². The van der Waals surface area contributed by atoms with E-state index in [-0.39, 0.29) is 21.9 Å². The molecule has 6 heteroatoms. The Hall–Kier alpha value is -0.620. The molecule has 0 amide bonds. The van der Waals surface area contributed by atoms with Crippen molar-refractivity contribution < 1.29 is 13.5 Å². The van der Waals surface area contributed by atoms with Gasteiger partial charge in [0.15, 0.2) is 0 Å². The highest BCUT2D eigenvalue weighted by molar-refractivity contribution is 7.89. The van der Waals surface area contributed by atoms with Gasteiger partial charge < -0.3 is 5.11 Å². The minimum atomic E-state index is -3.65. The molecule has 1 aromatic rings. The Bertz CT molecular complexity index is 549. The number of sulfonamides is 1. The van der Waals surface area contributed by atoms with Crippen molar-refractivity contribution in [2.75, 3.05) is 13.6 Å². The molecule has 0 unspecified atom stereocenters. The monoisotopic (exact) mass is 305 g/mol. The lowest BCUT2D eigenvalue weighted by Gasteiger charge is -2.26. The van der Waals surface area contributed by atoms with Crippen molar-refractivity contribution in [2.24, 2.45) is 5.41 Å². The molecule has 0 fully saturated rings. The van der Waals surface area contributed by atoms with Crippen LogP contribution in [0.4, 0.5) is 0 Å². The van der Waals surface area contributed by atoms with Gasteiger partial charge in [0.05, 0.1) is 11.6 Å². The van der Waals surface area contributed by atoms with E-state index < -0.39 is 10.0 Å². The third-order valence-electron chi connectivity index (χ3n) is 2.56. The molecule has 4 nitrogen and oxygen atoms in total. The molecular weight excluding hydrogens is 286 g/mol. The topological polar surface area (TPSA) is 57.6 Å². The first-order chi connectivity index (χ1) is 8.58. The molecule has 19 heavy (non-hydrogen) atoms. The molecule has 1 aromatic carbocycles. The molecule has 0 saturated heterocycles. The molecule has 1 N–H and O–H groups in total. The summed E-state index contributed by atoms with van der Waals surface area (Å²) >= 11 is 5.97. The number of rotatable bonds is 4. The predicted molar refractivity (Wildman–Crippen MR) is 76.6 cm³/mol. The van der Waals surface area contributed by atoms with Gasteiger partial charge in [-0.3, -0.25) is 0 Å². The van der Waals surface area contributed by atoms with Crippen LogP contribution in [0.3, 0.4) is 0 Å². The van der Waals surface area contributed by atoms with Crippen LogP contribution in [0.1, 0.15) is 26.3 Å². The molecular formula is C13H20ClNO3S. The van der Waals surface area contributed by atoms with Gasteiger partial charge in [-0.15, -0.1) is 0 Å².